The van der Waals surface area contributed by atoms with Crippen molar-refractivity contribution in [2.24, 2.45) is 0 Å². The van der Waals surface area contributed by atoms with E-state index in [-0.39, 0.29) is 0 Å². The first kappa shape index (κ1) is 11.6. The molecule has 90 valence electrons. The van der Waals surface area contributed by atoms with Crippen LogP contribution in [-0.4, -0.2) is 28.3 Å². The molecule has 1 saturated heterocycles. The maximum atomic E-state index is 14.5. The Kier molecular flexibility index (Phi) is 3.59. The molecule has 1 fully saturated rings. The van der Waals surface area contributed by atoms with E-state index in [1.54, 1.807) is 6.20 Å². The summed E-state index contributed by atoms with van der Waals surface area (Å²) in [6.45, 7) is 4.62. The third kappa shape index (κ3) is 2.61. The van der Waals surface area contributed by atoms with E-state index in [4.69, 9.17) is 0 Å². The molecule has 0 atom stereocenters. The molecular formula is C12H20FN3. The van der Waals surface area contributed by atoms with Gasteiger partial charge in [0, 0.05) is 25.4 Å². The Bertz CT molecular complexity index is 329. The number of imidazole rings is 1. The molecule has 4 heteroatoms. The van der Waals surface area contributed by atoms with Gasteiger partial charge < -0.3 is 9.88 Å². The standard InChI is InChI=1S/C12H20FN3/c1-2-8-16-9-7-15-11(16)10-12(13)3-5-14-6-4-12/h7,9,14H,2-6,8,10H2,1H3. The Labute approximate surface area is 96.1 Å². The molecule has 1 aliphatic rings. The minimum Gasteiger partial charge on any atom is -0.335 e. The predicted molar refractivity (Wildman–Crippen MR) is 62.2 cm³/mol. The van der Waals surface area contributed by atoms with Crippen molar-refractivity contribution in [2.45, 2.75) is 44.8 Å². The van der Waals surface area contributed by atoms with Gasteiger partial charge in [0.15, 0.2) is 0 Å². The summed E-state index contributed by atoms with van der Waals surface area (Å²) >= 11 is 0. The number of hydrogen-bond acceptors (Lipinski definition) is 2. The van der Waals surface area contributed by atoms with Crippen LogP contribution in [0.15, 0.2) is 12.4 Å². The first-order valence-electron chi connectivity index (χ1n) is 6.13. The largest absolute Gasteiger partial charge is 0.335 e. The Hall–Kier alpha value is -0.900. The SMILES string of the molecule is CCCn1ccnc1CC1(F)CCNCC1. The van der Waals surface area contributed by atoms with Gasteiger partial charge in [0.05, 0.1) is 0 Å². The molecule has 1 aliphatic heterocycles. The highest BCUT2D eigenvalue weighted by Crippen LogP contribution is 2.27. The van der Waals surface area contributed by atoms with Gasteiger partial charge in [-0.25, -0.2) is 9.37 Å². The summed E-state index contributed by atoms with van der Waals surface area (Å²) in [7, 11) is 0. The second kappa shape index (κ2) is 4.95. The van der Waals surface area contributed by atoms with Crippen LogP contribution in [0.25, 0.3) is 0 Å². The van der Waals surface area contributed by atoms with E-state index in [1.165, 1.54) is 0 Å². The van der Waals surface area contributed by atoms with Gasteiger partial charge in [-0.05, 0) is 32.4 Å². The molecule has 0 saturated carbocycles. The summed E-state index contributed by atoms with van der Waals surface area (Å²) in [5, 5.41) is 3.19. The Morgan fingerprint density at radius 1 is 1.50 bits per heavy atom. The lowest BCUT2D eigenvalue weighted by Gasteiger charge is -2.29. The van der Waals surface area contributed by atoms with Crippen molar-refractivity contribution in [3.05, 3.63) is 18.2 Å². The molecule has 0 radical (unpaired) electrons. The van der Waals surface area contributed by atoms with Crippen molar-refractivity contribution in [3.8, 4) is 0 Å². The van der Waals surface area contributed by atoms with Crippen LogP contribution in [0.3, 0.4) is 0 Å². The smallest absolute Gasteiger partial charge is 0.120 e. The van der Waals surface area contributed by atoms with E-state index in [2.05, 4.69) is 21.8 Å². The lowest BCUT2D eigenvalue weighted by Crippen LogP contribution is -2.40. The van der Waals surface area contributed by atoms with Gasteiger partial charge >= 0.3 is 0 Å². The number of aromatic nitrogens is 2. The van der Waals surface area contributed by atoms with Gasteiger partial charge in [-0.2, -0.15) is 0 Å². The molecule has 3 nitrogen and oxygen atoms in total. The molecule has 0 spiro atoms. The summed E-state index contributed by atoms with van der Waals surface area (Å²) in [4.78, 5) is 4.28. The van der Waals surface area contributed by atoms with Crippen LogP contribution in [0, 0.1) is 0 Å². The summed E-state index contributed by atoms with van der Waals surface area (Å²) < 4.78 is 16.5. The molecular weight excluding hydrogens is 205 g/mol. The van der Waals surface area contributed by atoms with E-state index in [0.717, 1.165) is 31.9 Å². The van der Waals surface area contributed by atoms with Crippen LogP contribution in [-0.2, 0) is 13.0 Å². The van der Waals surface area contributed by atoms with Gasteiger partial charge in [0.1, 0.15) is 11.5 Å². The van der Waals surface area contributed by atoms with E-state index in [9.17, 15) is 4.39 Å². The van der Waals surface area contributed by atoms with Crippen LogP contribution in [0.1, 0.15) is 32.0 Å². The maximum absolute atomic E-state index is 14.5. The van der Waals surface area contributed by atoms with Crippen LogP contribution in [0.2, 0.25) is 0 Å². The predicted octanol–water partition coefficient (Wildman–Crippen LogP) is 1.93. The number of alkyl halides is 1. The number of piperidine rings is 1. The average Bonchev–Trinajstić information content (AvgIpc) is 2.67. The normalized spacial score (nSPS) is 19.9. The second-order valence-corrected chi connectivity index (χ2v) is 4.61. The number of hydrogen-bond donors (Lipinski definition) is 1. The van der Waals surface area contributed by atoms with Crippen molar-refractivity contribution < 1.29 is 4.39 Å². The summed E-state index contributed by atoms with van der Waals surface area (Å²) in [6, 6.07) is 0. The molecule has 1 N–H and O–H groups in total. The van der Waals surface area contributed by atoms with Gasteiger partial charge in [0.2, 0.25) is 0 Å². The highest BCUT2D eigenvalue weighted by atomic mass is 19.1. The third-order valence-corrected chi connectivity index (χ3v) is 3.24. The zero-order valence-electron chi connectivity index (χ0n) is 9.88. The van der Waals surface area contributed by atoms with Crippen molar-refractivity contribution >= 4 is 0 Å². The number of nitrogens with one attached hydrogen (secondary N) is 1. The molecule has 0 amide bonds. The Morgan fingerprint density at radius 3 is 2.94 bits per heavy atom. The fourth-order valence-electron chi connectivity index (χ4n) is 2.29. The van der Waals surface area contributed by atoms with Crippen molar-refractivity contribution in [1.82, 2.24) is 14.9 Å². The molecule has 16 heavy (non-hydrogen) atoms. The number of aryl methyl sites for hydroxylation is 1. The highest BCUT2D eigenvalue weighted by molar-refractivity contribution is 5.00. The van der Waals surface area contributed by atoms with Crippen molar-refractivity contribution in [3.63, 3.8) is 0 Å². The Balaban J connectivity index is 2.04. The fourth-order valence-corrected chi connectivity index (χ4v) is 2.29. The highest BCUT2D eigenvalue weighted by Gasteiger charge is 2.33. The molecule has 1 aromatic heterocycles. The zero-order valence-corrected chi connectivity index (χ0v) is 9.88. The van der Waals surface area contributed by atoms with E-state index in [1.807, 2.05) is 6.20 Å². The average molecular weight is 225 g/mol. The van der Waals surface area contributed by atoms with Gasteiger partial charge in [-0.3, -0.25) is 0 Å². The van der Waals surface area contributed by atoms with Crippen LogP contribution in [0.4, 0.5) is 4.39 Å². The molecule has 0 bridgehead atoms. The van der Waals surface area contributed by atoms with Crippen molar-refractivity contribution in [1.29, 1.82) is 0 Å². The first-order chi connectivity index (χ1) is 7.73. The molecule has 2 heterocycles. The van der Waals surface area contributed by atoms with E-state index < -0.39 is 5.67 Å². The van der Waals surface area contributed by atoms with E-state index in [0.29, 0.717) is 19.3 Å². The number of nitrogens with zero attached hydrogens (tertiary/aromatic N) is 2. The van der Waals surface area contributed by atoms with Gasteiger partial charge in [-0.15, -0.1) is 0 Å². The third-order valence-electron chi connectivity index (χ3n) is 3.24. The molecule has 0 unspecified atom stereocenters. The van der Waals surface area contributed by atoms with Crippen LogP contribution >= 0.6 is 0 Å². The minimum absolute atomic E-state index is 0.460. The molecule has 2 rings (SSSR count). The lowest BCUT2D eigenvalue weighted by atomic mass is 9.91. The van der Waals surface area contributed by atoms with Crippen molar-refractivity contribution in [2.75, 3.05) is 13.1 Å². The van der Waals surface area contributed by atoms with E-state index >= 15 is 0 Å². The summed E-state index contributed by atoms with van der Waals surface area (Å²) in [6.07, 6.45) is 6.45. The second-order valence-electron chi connectivity index (χ2n) is 4.61. The number of rotatable bonds is 4. The Morgan fingerprint density at radius 2 is 2.25 bits per heavy atom. The lowest BCUT2D eigenvalue weighted by molar-refractivity contribution is 0.112. The zero-order chi connectivity index (χ0) is 11.4. The first-order valence-corrected chi connectivity index (χ1v) is 6.13. The summed E-state index contributed by atoms with van der Waals surface area (Å²) in [5.41, 5.74) is -1.05. The topological polar surface area (TPSA) is 29.9 Å². The van der Waals surface area contributed by atoms with Crippen LogP contribution < -0.4 is 5.32 Å². The molecule has 1 aromatic rings. The minimum atomic E-state index is -1.05. The maximum Gasteiger partial charge on any atom is 0.120 e. The van der Waals surface area contributed by atoms with Gasteiger partial charge in [0.25, 0.3) is 0 Å². The summed E-state index contributed by atoms with van der Waals surface area (Å²) in [5.74, 6) is 0.895. The molecule has 0 aliphatic carbocycles. The fraction of sp³-hybridized carbons (Fsp3) is 0.750. The van der Waals surface area contributed by atoms with Crippen LogP contribution in [0.5, 0.6) is 0 Å². The quantitative estimate of drug-likeness (QED) is 0.848. The van der Waals surface area contributed by atoms with Gasteiger partial charge in [-0.1, -0.05) is 6.92 Å². The monoisotopic (exact) mass is 225 g/mol. The molecule has 0 aromatic carbocycles. The number of halogens is 1.